The Morgan fingerprint density at radius 1 is 0.926 bits per heavy atom. The summed E-state index contributed by atoms with van der Waals surface area (Å²) in [5.74, 6) is 0.677. The zero-order valence-electron chi connectivity index (χ0n) is 16.2. The van der Waals surface area contributed by atoms with Gasteiger partial charge in [-0.15, -0.1) is 0 Å². The normalized spacial score (nSPS) is 13.1. The Hall–Kier alpha value is -2.81. The lowest BCUT2D eigenvalue weighted by molar-refractivity contribution is -0.128. The van der Waals surface area contributed by atoms with Gasteiger partial charge in [0.1, 0.15) is 5.75 Å². The molecule has 27 heavy (non-hydrogen) atoms. The Labute approximate surface area is 161 Å². The standard InChI is InChI=1S/C24H27NO2/c1-4-21(19-15-13-17(3)14-16-19)25-24(26)22(5-2)27-23-12-8-10-18-9-6-7-11-20(18)23/h6-16,21-22H,4-5H2,1-3H3,(H,25,26)/t21-,22-/m0/s1. The lowest BCUT2D eigenvalue weighted by atomic mass is 10.0. The van der Waals surface area contributed by atoms with Crippen LogP contribution in [0.4, 0.5) is 0 Å². The van der Waals surface area contributed by atoms with Crippen molar-refractivity contribution < 1.29 is 9.53 Å². The van der Waals surface area contributed by atoms with Crippen molar-refractivity contribution in [2.24, 2.45) is 0 Å². The van der Waals surface area contributed by atoms with E-state index in [2.05, 4.69) is 43.4 Å². The first-order valence-corrected chi connectivity index (χ1v) is 9.63. The maximum Gasteiger partial charge on any atom is 0.261 e. The van der Waals surface area contributed by atoms with E-state index in [9.17, 15) is 4.79 Å². The van der Waals surface area contributed by atoms with Crippen molar-refractivity contribution in [1.29, 1.82) is 0 Å². The van der Waals surface area contributed by atoms with Gasteiger partial charge in [-0.25, -0.2) is 0 Å². The second-order valence-electron chi connectivity index (χ2n) is 6.87. The fraction of sp³-hybridized carbons (Fsp3) is 0.292. The van der Waals surface area contributed by atoms with Gasteiger partial charge in [0, 0.05) is 5.39 Å². The first-order chi connectivity index (χ1) is 13.1. The van der Waals surface area contributed by atoms with Crippen LogP contribution < -0.4 is 10.1 Å². The van der Waals surface area contributed by atoms with Gasteiger partial charge in [0.05, 0.1) is 6.04 Å². The summed E-state index contributed by atoms with van der Waals surface area (Å²) in [4.78, 5) is 12.9. The summed E-state index contributed by atoms with van der Waals surface area (Å²) < 4.78 is 6.13. The van der Waals surface area contributed by atoms with E-state index in [0.717, 1.165) is 28.5 Å². The van der Waals surface area contributed by atoms with E-state index in [1.165, 1.54) is 5.56 Å². The summed E-state index contributed by atoms with van der Waals surface area (Å²) in [6.45, 7) is 6.12. The third-order valence-corrected chi connectivity index (χ3v) is 4.89. The first kappa shape index (κ1) is 19.0. The summed E-state index contributed by atoms with van der Waals surface area (Å²) >= 11 is 0. The van der Waals surface area contributed by atoms with Gasteiger partial charge >= 0.3 is 0 Å². The number of ether oxygens (including phenoxy) is 1. The van der Waals surface area contributed by atoms with Gasteiger partial charge in [-0.2, -0.15) is 0 Å². The molecule has 0 fully saturated rings. The number of fused-ring (bicyclic) bond motifs is 1. The minimum atomic E-state index is -0.518. The van der Waals surface area contributed by atoms with Crippen LogP contribution in [0.25, 0.3) is 10.8 Å². The molecule has 3 aromatic rings. The zero-order chi connectivity index (χ0) is 19.2. The Kier molecular flexibility index (Phi) is 6.12. The largest absolute Gasteiger partial charge is 0.480 e. The van der Waals surface area contributed by atoms with Crippen LogP contribution in [-0.4, -0.2) is 12.0 Å². The van der Waals surface area contributed by atoms with Crippen LogP contribution in [0.15, 0.2) is 66.7 Å². The maximum atomic E-state index is 12.9. The predicted octanol–water partition coefficient (Wildman–Crippen LogP) is 5.57. The first-order valence-electron chi connectivity index (χ1n) is 9.63. The van der Waals surface area contributed by atoms with Gasteiger partial charge < -0.3 is 10.1 Å². The summed E-state index contributed by atoms with van der Waals surface area (Å²) in [5.41, 5.74) is 2.34. The molecule has 1 N–H and O–H groups in total. The highest BCUT2D eigenvalue weighted by molar-refractivity contribution is 5.89. The Bertz CT molecular complexity index is 896. The molecule has 2 atom stereocenters. The SMILES string of the molecule is CC[C@H](Oc1cccc2ccccc12)C(=O)N[C@@H](CC)c1ccc(C)cc1. The van der Waals surface area contributed by atoms with Gasteiger partial charge in [0.2, 0.25) is 0 Å². The average Bonchev–Trinajstić information content (AvgIpc) is 2.70. The minimum Gasteiger partial charge on any atom is -0.480 e. The molecule has 140 valence electrons. The fourth-order valence-corrected chi connectivity index (χ4v) is 3.26. The monoisotopic (exact) mass is 361 g/mol. The molecule has 0 aliphatic rings. The van der Waals surface area contributed by atoms with E-state index in [4.69, 9.17) is 4.74 Å². The smallest absolute Gasteiger partial charge is 0.261 e. The predicted molar refractivity (Wildman–Crippen MR) is 111 cm³/mol. The Balaban J connectivity index is 1.76. The second kappa shape index (κ2) is 8.72. The topological polar surface area (TPSA) is 38.3 Å². The highest BCUT2D eigenvalue weighted by Gasteiger charge is 2.22. The third kappa shape index (κ3) is 4.48. The minimum absolute atomic E-state index is 0.0109. The van der Waals surface area contributed by atoms with Crippen molar-refractivity contribution in [3.8, 4) is 5.75 Å². The second-order valence-corrected chi connectivity index (χ2v) is 6.87. The molecule has 0 unspecified atom stereocenters. The molecular formula is C24H27NO2. The van der Waals surface area contributed by atoms with Crippen LogP contribution in [0.2, 0.25) is 0 Å². The molecular weight excluding hydrogens is 334 g/mol. The summed E-state index contributed by atoms with van der Waals surface area (Å²) in [6.07, 6.45) is 0.925. The molecule has 0 aromatic heterocycles. The zero-order valence-corrected chi connectivity index (χ0v) is 16.2. The molecule has 0 spiro atoms. The van der Waals surface area contributed by atoms with Gasteiger partial charge in [-0.1, -0.05) is 80.1 Å². The van der Waals surface area contributed by atoms with Crippen molar-refractivity contribution >= 4 is 16.7 Å². The van der Waals surface area contributed by atoms with Crippen molar-refractivity contribution in [2.45, 2.75) is 45.8 Å². The van der Waals surface area contributed by atoms with Crippen molar-refractivity contribution in [2.75, 3.05) is 0 Å². The Morgan fingerprint density at radius 2 is 1.63 bits per heavy atom. The molecule has 0 aliphatic heterocycles. The van der Waals surface area contributed by atoms with Gasteiger partial charge in [-0.3, -0.25) is 4.79 Å². The molecule has 0 radical (unpaired) electrons. The molecule has 0 saturated heterocycles. The number of aryl methyl sites for hydroxylation is 1. The van der Waals surface area contributed by atoms with Crippen molar-refractivity contribution in [3.05, 3.63) is 77.9 Å². The van der Waals surface area contributed by atoms with Crippen LogP contribution in [0.5, 0.6) is 5.75 Å². The van der Waals surface area contributed by atoms with Gasteiger partial charge in [0.15, 0.2) is 6.10 Å². The molecule has 3 rings (SSSR count). The van der Waals surface area contributed by atoms with E-state index >= 15 is 0 Å². The maximum absolute atomic E-state index is 12.9. The number of benzene rings is 3. The van der Waals surface area contributed by atoms with E-state index < -0.39 is 6.10 Å². The number of nitrogens with one attached hydrogen (secondary N) is 1. The molecule has 0 bridgehead atoms. The molecule has 0 aliphatic carbocycles. The fourth-order valence-electron chi connectivity index (χ4n) is 3.26. The lowest BCUT2D eigenvalue weighted by Gasteiger charge is -2.23. The highest BCUT2D eigenvalue weighted by atomic mass is 16.5. The number of hydrogen-bond acceptors (Lipinski definition) is 2. The Morgan fingerprint density at radius 3 is 2.33 bits per heavy atom. The summed E-state index contributed by atoms with van der Waals surface area (Å²) in [5, 5.41) is 5.29. The number of carbonyl (C=O) groups is 1. The average molecular weight is 361 g/mol. The highest BCUT2D eigenvalue weighted by Crippen LogP contribution is 2.27. The van der Waals surface area contributed by atoms with Crippen LogP contribution in [-0.2, 0) is 4.79 Å². The molecule has 3 heteroatoms. The number of carbonyl (C=O) groups excluding carboxylic acids is 1. The number of hydrogen-bond donors (Lipinski definition) is 1. The quantitative estimate of drug-likeness (QED) is 0.597. The molecule has 0 saturated carbocycles. The van der Waals surface area contributed by atoms with Gasteiger partial charge in [0.25, 0.3) is 5.91 Å². The molecule has 3 nitrogen and oxygen atoms in total. The number of rotatable bonds is 7. The molecule has 1 amide bonds. The van der Waals surface area contributed by atoms with E-state index in [1.807, 2.05) is 49.4 Å². The van der Waals surface area contributed by atoms with Crippen molar-refractivity contribution in [1.82, 2.24) is 5.32 Å². The van der Waals surface area contributed by atoms with Crippen LogP contribution in [0, 0.1) is 6.92 Å². The molecule has 0 heterocycles. The van der Waals surface area contributed by atoms with Gasteiger partial charge in [-0.05, 0) is 36.8 Å². The van der Waals surface area contributed by atoms with E-state index in [1.54, 1.807) is 0 Å². The molecule has 3 aromatic carbocycles. The summed E-state index contributed by atoms with van der Waals surface area (Å²) in [6, 6.07) is 22.3. The van der Waals surface area contributed by atoms with Crippen LogP contribution in [0.3, 0.4) is 0 Å². The summed E-state index contributed by atoms with van der Waals surface area (Å²) in [7, 11) is 0. The van der Waals surface area contributed by atoms with E-state index in [0.29, 0.717) is 6.42 Å². The lowest BCUT2D eigenvalue weighted by Crippen LogP contribution is -2.40. The van der Waals surface area contributed by atoms with E-state index in [-0.39, 0.29) is 11.9 Å². The number of amides is 1. The van der Waals surface area contributed by atoms with Crippen molar-refractivity contribution in [3.63, 3.8) is 0 Å². The third-order valence-electron chi connectivity index (χ3n) is 4.89. The van der Waals surface area contributed by atoms with Crippen LogP contribution >= 0.6 is 0 Å². The van der Waals surface area contributed by atoms with Crippen LogP contribution in [0.1, 0.15) is 43.9 Å².